The van der Waals surface area contributed by atoms with Crippen molar-refractivity contribution in [2.75, 3.05) is 52.5 Å². The Bertz CT molecular complexity index is 608. The Kier molecular flexibility index (Phi) is 22.1. The number of ether oxygens (including phenoxy) is 2. The highest BCUT2D eigenvalue weighted by Crippen LogP contribution is 2.18. The zero-order valence-corrected chi connectivity index (χ0v) is 25.6. The van der Waals surface area contributed by atoms with Crippen LogP contribution in [0.15, 0.2) is 24.3 Å². The Hall–Kier alpha value is -1.39. The van der Waals surface area contributed by atoms with Crippen LogP contribution in [-0.4, -0.2) is 82.0 Å². The van der Waals surface area contributed by atoms with E-state index in [-0.39, 0.29) is 12.2 Å². The van der Waals surface area contributed by atoms with Crippen LogP contribution in [0.1, 0.15) is 61.8 Å². The van der Waals surface area contributed by atoms with Crippen molar-refractivity contribution < 1.29 is 45.6 Å². The van der Waals surface area contributed by atoms with Crippen LogP contribution >= 0.6 is 0 Å². The van der Waals surface area contributed by atoms with E-state index in [2.05, 4.69) is 13.2 Å². The molecule has 0 atom stereocenters. The molecule has 0 aliphatic carbocycles. The zero-order valence-electron chi connectivity index (χ0n) is 23.6. The molecule has 0 aromatic rings. The molecule has 0 saturated heterocycles. The normalized spacial score (nSPS) is 11.3. The highest BCUT2D eigenvalue weighted by molar-refractivity contribution is 6.61. The third-order valence-corrected chi connectivity index (χ3v) is 9.96. The molecule has 0 aromatic carbocycles. The van der Waals surface area contributed by atoms with Crippen molar-refractivity contribution in [3.05, 3.63) is 24.3 Å². The molecule has 0 unspecified atom stereocenters. The molecule has 0 aliphatic rings. The van der Waals surface area contributed by atoms with Gasteiger partial charge in [-0.3, -0.25) is 0 Å². The highest BCUT2D eigenvalue weighted by atomic mass is 28.4. The molecule has 212 valence electrons. The fourth-order valence-corrected chi connectivity index (χ4v) is 7.47. The van der Waals surface area contributed by atoms with Crippen molar-refractivity contribution in [1.82, 2.24) is 0 Å². The van der Waals surface area contributed by atoms with E-state index in [9.17, 15) is 9.59 Å². The number of carbonyl (C=O) groups is 2. The number of rotatable bonds is 20. The molecule has 12 heteroatoms. The van der Waals surface area contributed by atoms with Crippen molar-refractivity contribution in [2.24, 2.45) is 0 Å². The molecule has 0 radical (unpaired) electrons. The van der Waals surface area contributed by atoms with Crippen LogP contribution in [0, 0.1) is 0 Å². The van der Waals surface area contributed by atoms with Gasteiger partial charge in [-0.15, -0.1) is 0 Å². The fraction of sp³-hybridized carbons (Fsp3) is 0.750. The summed E-state index contributed by atoms with van der Waals surface area (Å²) in [5, 5.41) is 0. The predicted molar refractivity (Wildman–Crippen MR) is 142 cm³/mol. The fourth-order valence-electron chi connectivity index (χ4n) is 2.76. The van der Waals surface area contributed by atoms with Gasteiger partial charge in [-0.2, -0.15) is 0 Å². The van der Waals surface area contributed by atoms with E-state index in [4.69, 9.17) is 36.0 Å². The maximum absolute atomic E-state index is 11.3. The van der Waals surface area contributed by atoms with E-state index >= 15 is 0 Å². The Morgan fingerprint density at radius 3 is 1.25 bits per heavy atom. The van der Waals surface area contributed by atoms with Crippen LogP contribution in [-0.2, 0) is 45.6 Å². The van der Waals surface area contributed by atoms with Gasteiger partial charge in [-0.05, 0) is 61.8 Å². The van der Waals surface area contributed by atoms with Crippen LogP contribution in [0.3, 0.4) is 0 Å². The summed E-state index contributed by atoms with van der Waals surface area (Å²) in [6.45, 7) is 24.9. The largest absolute Gasteiger partial charge is 0.540 e. The first-order valence-electron chi connectivity index (χ1n) is 12.5. The number of esters is 2. The Labute approximate surface area is 219 Å². The summed E-state index contributed by atoms with van der Waals surface area (Å²) in [7, 11) is -5.50. The smallest absolute Gasteiger partial charge is 0.462 e. The van der Waals surface area contributed by atoms with Gasteiger partial charge in [0.2, 0.25) is 0 Å². The molecule has 0 heterocycles. The maximum Gasteiger partial charge on any atom is 0.540 e. The summed E-state index contributed by atoms with van der Waals surface area (Å²) in [4.78, 5) is 22.6. The van der Waals surface area contributed by atoms with Crippen LogP contribution in [0.4, 0.5) is 0 Å². The average molecular weight is 553 g/mol. The van der Waals surface area contributed by atoms with Crippen LogP contribution in [0.2, 0.25) is 6.04 Å². The minimum Gasteiger partial charge on any atom is -0.462 e. The molecule has 0 bridgehead atoms. The van der Waals surface area contributed by atoms with E-state index in [1.807, 2.05) is 41.5 Å². The van der Waals surface area contributed by atoms with Gasteiger partial charge in [0.1, 0.15) is 0 Å². The van der Waals surface area contributed by atoms with Crippen molar-refractivity contribution in [3.63, 3.8) is 0 Å². The van der Waals surface area contributed by atoms with Gasteiger partial charge in [-0.1, -0.05) is 13.2 Å². The first kappa shape index (κ1) is 36.8. The summed E-state index contributed by atoms with van der Waals surface area (Å²) >= 11 is 0. The number of carbonyl (C=O) groups excluding carboxylic acids is 2. The lowest BCUT2D eigenvalue weighted by molar-refractivity contribution is -0.139. The van der Waals surface area contributed by atoms with Gasteiger partial charge >= 0.3 is 29.5 Å². The minimum absolute atomic E-state index is 0.0220. The minimum atomic E-state index is -2.89. The maximum atomic E-state index is 11.3. The van der Waals surface area contributed by atoms with Gasteiger partial charge in [0.05, 0.1) is 6.61 Å². The SMILES string of the molecule is C=C(C)C(=O)OCCC[Si](OCC)(OCC)OCC.C=C(C)C(=O)OC[Si](OCC)(OCC)OCC. The van der Waals surface area contributed by atoms with Crippen molar-refractivity contribution in [3.8, 4) is 0 Å². The predicted octanol–water partition coefficient (Wildman–Crippen LogP) is 4.24. The first-order valence-corrected chi connectivity index (χ1v) is 16.4. The summed E-state index contributed by atoms with van der Waals surface area (Å²) < 4.78 is 43.8. The third-order valence-electron chi connectivity index (χ3n) is 4.12. The molecule has 0 fully saturated rings. The Balaban J connectivity index is 0. The molecular formula is C24H48O10Si2. The van der Waals surface area contributed by atoms with Gasteiger partial charge < -0.3 is 36.0 Å². The van der Waals surface area contributed by atoms with Crippen LogP contribution in [0.25, 0.3) is 0 Å². The van der Waals surface area contributed by atoms with E-state index in [0.717, 1.165) is 0 Å². The van der Waals surface area contributed by atoms with Crippen LogP contribution < -0.4 is 0 Å². The van der Waals surface area contributed by atoms with Crippen molar-refractivity contribution >= 4 is 29.5 Å². The van der Waals surface area contributed by atoms with Crippen molar-refractivity contribution in [1.29, 1.82) is 0 Å². The van der Waals surface area contributed by atoms with E-state index in [0.29, 0.717) is 69.9 Å². The monoisotopic (exact) mass is 552 g/mol. The summed E-state index contributed by atoms with van der Waals surface area (Å²) in [6.07, 6.45) is 0.680. The lowest BCUT2D eigenvalue weighted by Gasteiger charge is -2.28. The Morgan fingerprint density at radius 2 is 0.917 bits per heavy atom. The summed E-state index contributed by atoms with van der Waals surface area (Å²) in [5.41, 5.74) is 0.750. The Morgan fingerprint density at radius 1 is 0.583 bits per heavy atom. The second-order valence-corrected chi connectivity index (χ2v) is 12.6. The van der Waals surface area contributed by atoms with Gasteiger partial charge in [-0.25, -0.2) is 9.59 Å². The lowest BCUT2D eigenvalue weighted by atomic mass is 10.4. The van der Waals surface area contributed by atoms with Gasteiger partial charge in [0.15, 0.2) is 6.23 Å². The molecule has 10 nitrogen and oxygen atoms in total. The molecule has 0 rings (SSSR count). The van der Waals surface area contributed by atoms with E-state index in [1.54, 1.807) is 13.8 Å². The molecule has 0 spiro atoms. The first-order chi connectivity index (χ1) is 17.0. The molecule has 0 saturated carbocycles. The topological polar surface area (TPSA) is 108 Å². The molecular weight excluding hydrogens is 504 g/mol. The molecule has 0 N–H and O–H groups in total. The second kappa shape index (κ2) is 21.7. The molecule has 36 heavy (non-hydrogen) atoms. The standard InChI is InChI=1S/C13H26O5Si.C11H22O5Si/c1-6-16-19(17-7-2,18-8-3)11-9-10-15-13(14)12(4)5;1-6-14-17(15-7-2,16-8-3)9-13-11(12)10(4)5/h4,6-11H2,1-3,5H3;4,6-9H2,1-3,5H3. The number of hydrogen-bond donors (Lipinski definition) is 0. The van der Waals surface area contributed by atoms with E-state index < -0.39 is 23.6 Å². The highest BCUT2D eigenvalue weighted by Gasteiger charge is 2.42. The van der Waals surface area contributed by atoms with Crippen LogP contribution in [0.5, 0.6) is 0 Å². The second-order valence-electron chi connectivity index (χ2n) is 7.34. The average Bonchev–Trinajstić information content (AvgIpc) is 2.81. The molecule has 0 aromatic heterocycles. The van der Waals surface area contributed by atoms with E-state index in [1.165, 1.54) is 0 Å². The summed E-state index contributed by atoms with van der Waals surface area (Å²) in [6, 6.07) is 0.645. The zero-order chi connectivity index (χ0) is 28.0. The number of hydrogen-bond acceptors (Lipinski definition) is 10. The quantitative estimate of drug-likeness (QED) is 0.0942. The molecule has 0 amide bonds. The van der Waals surface area contributed by atoms with Gasteiger partial charge in [0.25, 0.3) is 0 Å². The molecule has 0 aliphatic heterocycles. The lowest BCUT2D eigenvalue weighted by Crippen LogP contribution is -2.51. The van der Waals surface area contributed by atoms with Gasteiger partial charge in [0, 0.05) is 56.8 Å². The van der Waals surface area contributed by atoms with Crippen molar-refractivity contribution in [2.45, 2.75) is 67.9 Å². The summed E-state index contributed by atoms with van der Waals surface area (Å²) in [5.74, 6) is -0.822. The third kappa shape index (κ3) is 16.4.